The Morgan fingerprint density at radius 3 is 2.62 bits per heavy atom. The predicted octanol–water partition coefficient (Wildman–Crippen LogP) is 1.35. The van der Waals surface area contributed by atoms with Crippen LogP contribution in [0.4, 0.5) is 0 Å². The molecule has 0 aromatic rings. The van der Waals surface area contributed by atoms with Crippen LogP contribution in [0.25, 0.3) is 0 Å². The number of fused-ring (bicyclic) bond motifs is 1. The van der Waals surface area contributed by atoms with E-state index in [0.717, 1.165) is 0 Å². The van der Waals surface area contributed by atoms with Crippen molar-refractivity contribution < 1.29 is 4.74 Å². The molecule has 2 fully saturated rings. The normalized spacial score (nSPS) is 50.8. The summed E-state index contributed by atoms with van der Waals surface area (Å²) in [5.74, 6) is 0.681. The molecular formula is C7H10O. The summed E-state index contributed by atoms with van der Waals surface area (Å²) in [7, 11) is 0. The molecule has 1 nitrogen and oxygen atoms in total. The van der Waals surface area contributed by atoms with Gasteiger partial charge in [-0.3, -0.25) is 0 Å². The van der Waals surface area contributed by atoms with Crippen LogP contribution in [0.15, 0.2) is 12.7 Å². The lowest BCUT2D eigenvalue weighted by Crippen LogP contribution is -1.97. The van der Waals surface area contributed by atoms with Gasteiger partial charge in [-0.05, 0) is 12.8 Å². The van der Waals surface area contributed by atoms with Crippen molar-refractivity contribution >= 4 is 0 Å². The van der Waals surface area contributed by atoms with Crippen molar-refractivity contribution in [1.29, 1.82) is 0 Å². The molecule has 8 heavy (non-hydrogen) atoms. The quantitative estimate of drug-likeness (QED) is 0.366. The van der Waals surface area contributed by atoms with Crippen molar-refractivity contribution in [3.63, 3.8) is 0 Å². The molecule has 3 unspecified atom stereocenters. The fourth-order valence-electron chi connectivity index (χ4n) is 1.54. The maximum atomic E-state index is 5.29. The maximum absolute atomic E-state index is 5.29. The molecule has 44 valence electrons. The van der Waals surface area contributed by atoms with Gasteiger partial charge in [0.05, 0.1) is 12.2 Å². The van der Waals surface area contributed by atoms with E-state index in [1.54, 1.807) is 0 Å². The highest BCUT2D eigenvalue weighted by molar-refractivity contribution is 5.03. The first kappa shape index (κ1) is 4.57. The van der Waals surface area contributed by atoms with Crippen LogP contribution in [0.1, 0.15) is 12.8 Å². The zero-order valence-electron chi connectivity index (χ0n) is 4.84. The van der Waals surface area contributed by atoms with Crippen molar-refractivity contribution in [3.8, 4) is 0 Å². The Bertz CT molecular complexity index is 120. The van der Waals surface area contributed by atoms with E-state index in [4.69, 9.17) is 4.74 Å². The summed E-state index contributed by atoms with van der Waals surface area (Å²) >= 11 is 0. The highest BCUT2D eigenvalue weighted by Gasteiger charge is 2.48. The average molecular weight is 110 g/mol. The lowest BCUT2D eigenvalue weighted by molar-refractivity contribution is 0.291. The lowest BCUT2D eigenvalue weighted by atomic mass is 10.1. The summed E-state index contributed by atoms with van der Waals surface area (Å²) in [6, 6.07) is 0. The van der Waals surface area contributed by atoms with Gasteiger partial charge in [-0.1, -0.05) is 6.08 Å². The summed E-state index contributed by atoms with van der Waals surface area (Å²) in [4.78, 5) is 0. The Hall–Kier alpha value is -0.300. The number of rotatable bonds is 1. The largest absolute Gasteiger partial charge is 0.369 e. The summed E-state index contributed by atoms with van der Waals surface area (Å²) in [5, 5.41) is 0. The second-order valence-electron chi connectivity index (χ2n) is 2.62. The molecule has 1 saturated heterocycles. The van der Waals surface area contributed by atoms with Gasteiger partial charge in [-0.15, -0.1) is 6.58 Å². The van der Waals surface area contributed by atoms with Gasteiger partial charge >= 0.3 is 0 Å². The second-order valence-corrected chi connectivity index (χ2v) is 2.62. The van der Waals surface area contributed by atoms with Gasteiger partial charge in [0.25, 0.3) is 0 Å². The Kier molecular flexibility index (Phi) is 0.770. The molecule has 2 rings (SSSR count). The standard InChI is InChI=1S/C7H10O/c1-2-5-3-4-6-7(5)8-6/h2,5-7H,1,3-4H2. The predicted molar refractivity (Wildman–Crippen MR) is 31.6 cm³/mol. The molecule has 1 heterocycles. The Balaban J connectivity index is 2.06. The summed E-state index contributed by atoms with van der Waals surface area (Å²) in [5.41, 5.74) is 0. The summed E-state index contributed by atoms with van der Waals surface area (Å²) in [6.07, 6.45) is 5.79. The van der Waals surface area contributed by atoms with Crippen LogP contribution in [-0.2, 0) is 4.74 Å². The van der Waals surface area contributed by atoms with E-state index in [2.05, 4.69) is 6.58 Å². The van der Waals surface area contributed by atoms with E-state index in [1.807, 2.05) is 6.08 Å². The Labute approximate surface area is 49.3 Å². The summed E-state index contributed by atoms with van der Waals surface area (Å²) in [6.45, 7) is 3.74. The van der Waals surface area contributed by atoms with Gasteiger partial charge in [0.2, 0.25) is 0 Å². The Morgan fingerprint density at radius 2 is 2.38 bits per heavy atom. The fraction of sp³-hybridized carbons (Fsp3) is 0.714. The molecule has 0 amide bonds. The minimum absolute atomic E-state index is 0.576. The second kappa shape index (κ2) is 1.35. The molecule has 0 aromatic heterocycles. The van der Waals surface area contributed by atoms with Gasteiger partial charge in [-0.25, -0.2) is 0 Å². The SMILES string of the molecule is C=CC1CCC2OC12. The first-order chi connectivity index (χ1) is 3.92. The van der Waals surface area contributed by atoms with Crippen molar-refractivity contribution in [2.75, 3.05) is 0 Å². The lowest BCUT2D eigenvalue weighted by Gasteiger charge is -1.99. The van der Waals surface area contributed by atoms with Gasteiger partial charge < -0.3 is 4.74 Å². The topological polar surface area (TPSA) is 12.5 Å². The van der Waals surface area contributed by atoms with Gasteiger partial charge in [0.1, 0.15) is 0 Å². The molecule has 1 aliphatic heterocycles. The van der Waals surface area contributed by atoms with E-state index in [-0.39, 0.29) is 0 Å². The zero-order chi connectivity index (χ0) is 5.56. The molecule has 0 radical (unpaired) electrons. The van der Waals surface area contributed by atoms with Crippen LogP contribution < -0.4 is 0 Å². The molecular weight excluding hydrogens is 100 g/mol. The molecule has 0 N–H and O–H groups in total. The van der Waals surface area contributed by atoms with Gasteiger partial charge in [0.15, 0.2) is 0 Å². The monoisotopic (exact) mass is 110 g/mol. The number of ether oxygens (including phenoxy) is 1. The Morgan fingerprint density at radius 1 is 1.50 bits per heavy atom. The zero-order valence-corrected chi connectivity index (χ0v) is 4.84. The van der Waals surface area contributed by atoms with Crippen molar-refractivity contribution in [2.45, 2.75) is 25.0 Å². The van der Waals surface area contributed by atoms with E-state index >= 15 is 0 Å². The van der Waals surface area contributed by atoms with Crippen LogP contribution >= 0.6 is 0 Å². The highest BCUT2D eigenvalue weighted by Crippen LogP contribution is 2.43. The molecule has 1 saturated carbocycles. The minimum atomic E-state index is 0.576. The first-order valence-corrected chi connectivity index (χ1v) is 3.20. The third-order valence-electron chi connectivity index (χ3n) is 2.13. The van der Waals surface area contributed by atoms with Crippen LogP contribution in [0.5, 0.6) is 0 Å². The van der Waals surface area contributed by atoms with Crippen LogP contribution in [0.2, 0.25) is 0 Å². The molecule has 0 spiro atoms. The van der Waals surface area contributed by atoms with Crippen molar-refractivity contribution in [2.24, 2.45) is 5.92 Å². The molecule has 3 atom stereocenters. The van der Waals surface area contributed by atoms with E-state index in [0.29, 0.717) is 18.1 Å². The van der Waals surface area contributed by atoms with Crippen LogP contribution in [0, 0.1) is 5.92 Å². The van der Waals surface area contributed by atoms with Crippen LogP contribution in [-0.4, -0.2) is 12.2 Å². The molecule has 2 aliphatic rings. The third kappa shape index (κ3) is 0.451. The maximum Gasteiger partial charge on any atom is 0.0904 e. The highest BCUT2D eigenvalue weighted by atomic mass is 16.6. The van der Waals surface area contributed by atoms with E-state index < -0.39 is 0 Å². The van der Waals surface area contributed by atoms with E-state index in [9.17, 15) is 0 Å². The molecule has 1 aliphatic carbocycles. The smallest absolute Gasteiger partial charge is 0.0904 e. The fourth-order valence-corrected chi connectivity index (χ4v) is 1.54. The number of hydrogen-bond donors (Lipinski definition) is 0. The van der Waals surface area contributed by atoms with Gasteiger partial charge in [-0.2, -0.15) is 0 Å². The molecule has 0 bridgehead atoms. The average Bonchev–Trinajstić information content (AvgIpc) is 2.46. The van der Waals surface area contributed by atoms with Crippen LogP contribution in [0.3, 0.4) is 0 Å². The van der Waals surface area contributed by atoms with Crippen molar-refractivity contribution in [3.05, 3.63) is 12.7 Å². The minimum Gasteiger partial charge on any atom is -0.369 e. The summed E-state index contributed by atoms with van der Waals surface area (Å²) < 4.78 is 5.29. The third-order valence-corrected chi connectivity index (χ3v) is 2.13. The number of hydrogen-bond acceptors (Lipinski definition) is 1. The van der Waals surface area contributed by atoms with Gasteiger partial charge in [0, 0.05) is 5.92 Å². The molecule has 1 heteroatoms. The number of epoxide rings is 1. The first-order valence-electron chi connectivity index (χ1n) is 3.20. The molecule has 0 aromatic carbocycles. The van der Waals surface area contributed by atoms with Crippen molar-refractivity contribution in [1.82, 2.24) is 0 Å². The van der Waals surface area contributed by atoms with E-state index in [1.165, 1.54) is 12.8 Å².